The standard InChI is InChI=1S/C27H36N2O7Si/c1-16-24(37(4,5)34)23(12-13-30)36-27(16)21-14-20(35-3)10-11-22(21)29(26(27)33)15-18-6-8-19(9-7-18)28-25(32)17(2)31/h6-11,14,16-17,23-24,30-31,34H,12-13,15H2,1-5H3,(H,28,32)/t16-,17-,23+,24-,27+/m0/s1. The smallest absolute Gasteiger partial charge is 0.264 e. The van der Waals surface area contributed by atoms with Crippen molar-refractivity contribution in [2.75, 3.05) is 23.9 Å². The number of aliphatic hydroxyl groups is 2. The molecule has 2 amide bonds. The Kier molecular flexibility index (Phi) is 7.51. The van der Waals surface area contributed by atoms with E-state index in [1.165, 1.54) is 6.92 Å². The van der Waals surface area contributed by atoms with Gasteiger partial charge in [-0.15, -0.1) is 0 Å². The molecular weight excluding hydrogens is 492 g/mol. The van der Waals surface area contributed by atoms with Crippen molar-refractivity contribution in [2.24, 2.45) is 5.92 Å². The van der Waals surface area contributed by atoms with Crippen LogP contribution in [-0.4, -0.2) is 61.1 Å². The molecule has 2 heterocycles. The Bertz CT molecular complexity index is 1160. The number of benzene rings is 2. The Labute approximate surface area is 218 Å². The van der Waals surface area contributed by atoms with Gasteiger partial charge in [-0.2, -0.15) is 0 Å². The van der Waals surface area contributed by atoms with Gasteiger partial charge in [-0.05, 0) is 62.3 Å². The zero-order valence-corrected chi connectivity index (χ0v) is 22.9. The molecule has 4 N–H and O–H groups in total. The first-order valence-electron chi connectivity index (χ1n) is 12.5. The predicted octanol–water partition coefficient (Wildman–Crippen LogP) is 2.74. The van der Waals surface area contributed by atoms with Crippen LogP contribution in [0.15, 0.2) is 42.5 Å². The minimum atomic E-state index is -2.77. The lowest BCUT2D eigenvalue weighted by Crippen LogP contribution is -2.46. The van der Waals surface area contributed by atoms with E-state index in [9.17, 15) is 24.6 Å². The quantitative estimate of drug-likeness (QED) is 0.388. The number of fused-ring (bicyclic) bond motifs is 2. The Morgan fingerprint density at radius 2 is 1.92 bits per heavy atom. The molecule has 2 aliphatic heterocycles. The van der Waals surface area contributed by atoms with E-state index in [1.807, 2.05) is 44.3 Å². The highest BCUT2D eigenvalue weighted by molar-refractivity contribution is 6.71. The van der Waals surface area contributed by atoms with Gasteiger partial charge in [0, 0.05) is 29.3 Å². The second-order valence-electron chi connectivity index (χ2n) is 10.5. The molecule has 10 heteroatoms. The maximum Gasteiger partial charge on any atom is 0.264 e. The second kappa shape index (κ2) is 10.2. The van der Waals surface area contributed by atoms with E-state index < -0.39 is 32.0 Å². The number of hydrogen-bond donors (Lipinski definition) is 4. The fourth-order valence-electron chi connectivity index (χ4n) is 5.86. The number of methoxy groups -OCH3 is 1. The van der Waals surface area contributed by atoms with Crippen molar-refractivity contribution in [2.45, 2.75) is 63.3 Å². The van der Waals surface area contributed by atoms with Crippen molar-refractivity contribution in [3.63, 3.8) is 0 Å². The summed E-state index contributed by atoms with van der Waals surface area (Å²) in [6.45, 7) is 7.22. The molecule has 1 saturated heterocycles. The Morgan fingerprint density at radius 3 is 2.49 bits per heavy atom. The molecule has 200 valence electrons. The van der Waals surface area contributed by atoms with E-state index >= 15 is 0 Å². The van der Waals surface area contributed by atoms with Crippen LogP contribution in [0.5, 0.6) is 5.75 Å². The molecule has 0 radical (unpaired) electrons. The fourth-order valence-corrected chi connectivity index (χ4v) is 8.46. The number of rotatable bonds is 8. The van der Waals surface area contributed by atoms with E-state index in [-0.39, 0.29) is 30.5 Å². The zero-order chi connectivity index (χ0) is 27.1. The SMILES string of the molecule is COc1ccc2c(c1)[C@@]1(O[C@H](CCO)[C@@H]([Si](C)(C)O)[C@@H]1C)C(=O)N2Cc1ccc(NC(=O)[C@H](C)O)cc1. The highest BCUT2D eigenvalue weighted by atomic mass is 28.4. The van der Waals surface area contributed by atoms with Gasteiger partial charge in [0.15, 0.2) is 13.9 Å². The van der Waals surface area contributed by atoms with E-state index in [4.69, 9.17) is 9.47 Å². The summed E-state index contributed by atoms with van der Waals surface area (Å²) >= 11 is 0. The molecule has 37 heavy (non-hydrogen) atoms. The number of ether oxygens (including phenoxy) is 2. The number of amides is 2. The van der Waals surface area contributed by atoms with Crippen LogP contribution in [0.3, 0.4) is 0 Å². The van der Waals surface area contributed by atoms with Gasteiger partial charge < -0.3 is 34.7 Å². The highest BCUT2D eigenvalue weighted by Gasteiger charge is 2.66. The van der Waals surface area contributed by atoms with Gasteiger partial charge in [0.2, 0.25) is 0 Å². The third-order valence-electron chi connectivity index (χ3n) is 7.55. The van der Waals surface area contributed by atoms with Crippen molar-refractivity contribution in [3.8, 4) is 5.75 Å². The molecule has 0 saturated carbocycles. The van der Waals surface area contributed by atoms with Crippen LogP contribution in [0.1, 0.15) is 31.4 Å². The van der Waals surface area contributed by atoms with Gasteiger partial charge in [-0.25, -0.2) is 0 Å². The Hall–Kier alpha value is -2.76. The number of aliphatic hydroxyl groups excluding tert-OH is 2. The van der Waals surface area contributed by atoms with Gasteiger partial charge in [-0.3, -0.25) is 9.59 Å². The summed E-state index contributed by atoms with van der Waals surface area (Å²) in [4.78, 5) is 38.9. The van der Waals surface area contributed by atoms with E-state index in [0.29, 0.717) is 29.1 Å². The molecule has 0 aromatic heterocycles. The van der Waals surface area contributed by atoms with Crippen molar-refractivity contribution in [1.29, 1.82) is 0 Å². The van der Waals surface area contributed by atoms with Crippen LogP contribution in [0.2, 0.25) is 18.6 Å². The molecule has 9 nitrogen and oxygen atoms in total. The van der Waals surface area contributed by atoms with Crippen molar-refractivity contribution in [3.05, 3.63) is 53.6 Å². The van der Waals surface area contributed by atoms with Gasteiger partial charge >= 0.3 is 0 Å². The van der Waals surface area contributed by atoms with Crippen molar-refractivity contribution in [1.82, 2.24) is 0 Å². The third-order valence-corrected chi connectivity index (χ3v) is 10.0. The maximum absolute atomic E-state index is 14.3. The number of anilines is 2. The van der Waals surface area contributed by atoms with Gasteiger partial charge in [0.05, 0.1) is 25.4 Å². The monoisotopic (exact) mass is 528 g/mol. The van der Waals surface area contributed by atoms with Gasteiger partial charge in [0.25, 0.3) is 11.8 Å². The lowest BCUT2D eigenvalue weighted by Gasteiger charge is -2.32. The molecule has 1 spiro atoms. The van der Waals surface area contributed by atoms with Crippen LogP contribution in [-0.2, 0) is 26.5 Å². The third kappa shape index (κ3) is 4.80. The summed E-state index contributed by atoms with van der Waals surface area (Å²) in [6, 6.07) is 12.6. The summed E-state index contributed by atoms with van der Waals surface area (Å²) in [7, 11) is -1.20. The lowest BCUT2D eigenvalue weighted by molar-refractivity contribution is -0.146. The van der Waals surface area contributed by atoms with Crippen molar-refractivity contribution >= 4 is 31.5 Å². The molecule has 0 aliphatic carbocycles. The summed E-state index contributed by atoms with van der Waals surface area (Å²) in [5.41, 5.74) is 1.25. The topological polar surface area (TPSA) is 129 Å². The number of carbonyl (C=O) groups is 2. The number of carbonyl (C=O) groups excluding carboxylic acids is 2. The van der Waals surface area contributed by atoms with Crippen molar-refractivity contribution < 1.29 is 34.1 Å². The molecule has 4 rings (SSSR count). The Morgan fingerprint density at radius 1 is 1.24 bits per heavy atom. The number of nitrogens with zero attached hydrogens (tertiary/aromatic N) is 1. The first kappa shape index (κ1) is 27.3. The average Bonchev–Trinajstić information content (AvgIpc) is 3.27. The molecule has 0 unspecified atom stereocenters. The van der Waals surface area contributed by atoms with E-state index in [1.54, 1.807) is 30.2 Å². The fraction of sp³-hybridized carbons (Fsp3) is 0.481. The second-order valence-corrected chi connectivity index (χ2v) is 14.5. The summed E-state index contributed by atoms with van der Waals surface area (Å²) in [5.74, 6) is -0.429. The minimum absolute atomic E-state index is 0.102. The van der Waals surface area contributed by atoms with E-state index in [2.05, 4.69) is 5.32 Å². The summed E-state index contributed by atoms with van der Waals surface area (Å²) in [6.07, 6.45) is -1.24. The van der Waals surface area contributed by atoms with Crippen LogP contribution in [0.25, 0.3) is 0 Å². The zero-order valence-electron chi connectivity index (χ0n) is 21.9. The van der Waals surface area contributed by atoms with Gasteiger partial charge in [0.1, 0.15) is 11.9 Å². The lowest BCUT2D eigenvalue weighted by atomic mass is 9.82. The number of hydrogen-bond acceptors (Lipinski definition) is 7. The number of nitrogens with one attached hydrogen (secondary N) is 1. The van der Waals surface area contributed by atoms with Crippen LogP contribution < -0.4 is 15.0 Å². The normalized spacial score (nSPS) is 25.9. The molecule has 2 aromatic carbocycles. The van der Waals surface area contributed by atoms with E-state index in [0.717, 1.165) is 5.56 Å². The van der Waals surface area contributed by atoms with Gasteiger partial charge in [-0.1, -0.05) is 19.1 Å². The first-order valence-corrected chi connectivity index (χ1v) is 15.6. The molecule has 2 aliphatic rings. The molecule has 5 atom stereocenters. The van der Waals surface area contributed by atoms with Crippen LogP contribution >= 0.6 is 0 Å². The maximum atomic E-state index is 14.3. The summed E-state index contributed by atoms with van der Waals surface area (Å²) < 4.78 is 12.1. The molecule has 0 bridgehead atoms. The Balaban J connectivity index is 1.71. The predicted molar refractivity (Wildman–Crippen MR) is 142 cm³/mol. The largest absolute Gasteiger partial charge is 0.497 e. The molecular formula is C27H36N2O7Si. The molecule has 1 fully saturated rings. The average molecular weight is 529 g/mol. The molecule has 2 aromatic rings. The van der Waals surface area contributed by atoms with Crippen LogP contribution in [0, 0.1) is 5.92 Å². The summed E-state index contributed by atoms with van der Waals surface area (Å²) in [5, 5.41) is 21.8. The highest BCUT2D eigenvalue weighted by Crippen LogP contribution is 2.60. The minimum Gasteiger partial charge on any atom is -0.497 e. The first-order chi connectivity index (χ1) is 17.4. The van der Waals surface area contributed by atoms with Crippen LogP contribution in [0.4, 0.5) is 11.4 Å².